The van der Waals surface area contributed by atoms with Crippen LogP contribution in [0.2, 0.25) is 10.0 Å². The van der Waals surface area contributed by atoms with Crippen LogP contribution in [0.5, 0.6) is 0 Å². The molecule has 20 heavy (non-hydrogen) atoms. The molecular weight excluding hydrogens is 319 g/mol. The summed E-state index contributed by atoms with van der Waals surface area (Å²) < 4.78 is 0. The molecule has 114 valence electrons. The number of hydrogen-bond acceptors (Lipinski definition) is 2. The predicted octanol–water partition coefficient (Wildman–Crippen LogP) is 3.75. The monoisotopic (exact) mass is 338 g/mol. The summed E-state index contributed by atoms with van der Waals surface area (Å²) in [4.78, 5) is 13.7. The van der Waals surface area contributed by atoms with Crippen LogP contribution in [-0.4, -0.2) is 23.9 Å². The van der Waals surface area contributed by atoms with Gasteiger partial charge in [-0.1, -0.05) is 37.0 Å². The van der Waals surface area contributed by atoms with Gasteiger partial charge in [-0.15, -0.1) is 12.4 Å². The average molecular weight is 340 g/mol. The van der Waals surface area contributed by atoms with Gasteiger partial charge in [-0.05, 0) is 36.1 Å². The van der Waals surface area contributed by atoms with E-state index >= 15 is 0 Å². The Labute approximate surface area is 136 Å². The lowest BCUT2D eigenvalue weighted by Crippen LogP contribution is -2.42. The van der Waals surface area contributed by atoms with Gasteiger partial charge >= 0.3 is 0 Å². The minimum Gasteiger partial charge on any atom is -0.340 e. The Hall–Kier alpha value is -0.480. The third kappa shape index (κ3) is 6.31. The minimum absolute atomic E-state index is 0. The normalized spacial score (nSPS) is 11.9. The van der Waals surface area contributed by atoms with E-state index in [0.717, 1.165) is 5.56 Å². The smallest absolute Gasteiger partial charge is 0.239 e. The minimum atomic E-state index is -0.459. The predicted molar refractivity (Wildman–Crippen MR) is 87.6 cm³/mol. The Morgan fingerprint density at radius 3 is 2.20 bits per heavy atom. The zero-order valence-corrected chi connectivity index (χ0v) is 14.2. The largest absolute Gasteiger partial charge is 0.340 e. The van der Waals surface area contributed by atoms with E-state index in [1.54, 1.807) is 30.1 Å². The van der Waals surface area contributed by atoms with Crippen LogP contribution in [-0.2, 0) is 11.3 Å². The van der Waals surface area contributed by atoms with Crippen molar-refractivity contribution >= 4 is 41.5 Å². The van der Waals surface area contributed by atoms with E-state index in [-0.39, 0.29) is 18.3 Å². The first-order valence-electron chi connectivity index (χ1n) is 6.25. The summed E-state index contributed by atoms with van der Waals surface area (Å²) >= 11 is 11.9. The van der Waals surface area contributed by atoms with Gasteiger partial charge in [-0.25, -0.2) is 0 Å². The molecule has 0 saturated carbocycles. The van der Waals surface area contributed by atoms with Crippen LogP contribution in [0.4, 0.5) is 0 Å². The summed E-state index contributed by atoms with van der Waals surface area (Å²) in [5.41, 5.74) is 6.78. The summed E-state index contributed by atoms with van der Waals surface area (Å²) in [6.45, 7) is 4.54. The summed E-state index contributed by atoms with van der Waals surface area (Å²) in [6.07, 6.45) is 0.680. The van der Waals surface area contributed by atoms with Crippen molar-refractivity contribution in [2.45, 2.75) is 32.9 Å². The van der Waals surface area contributed by atoms with Gasteiger partial charge in [0.15, 0.2) is 0 Å². The Kier molecular flexibility index (Phi) is 8.52. The highest BCUT2D eigenvalue weighted by Crippen LogP contribution is 2.20. The molecule has 0 aliphatic carbocycles. The second-order valence-electron chi connectivity index (χ2n) is 5.21. The molecule has 1 amide bonds. The number of halogens is 3. The Bertz CT molecular complexity index is 432. The average Bonchev–Trinajstić information content (AvgIpc) is 2.25. The first-order valence-corrected chi connectivity index (χ1v) is 7.00. The van der Waals surface area contributed by atoms with Gasteiger partial charge in [0.25, 0.3) is 0 Å². The molecule has 6 heteroatoms. The lowest BCUT2D eigenvalue weighted by Gasteiger charge is -2.22. The molecule has 0 saturated heterocycles. The zero-order valence-electron chi connectivity index (χ0n) is 11.9. The van der Waals surface area contributed by atoms with E-state index in [1.807, 2.05) is 13.8 Å². The first kappa shape index (κ1) is 19.5. The highest BCUT2D eigenvalue weighted by molar-refractivity contribution is 6.34. The van der Waals surface area contributed by atoms with Gasteiger partial charge in [0, 0.05) is 23.6 Å². The van der Waals surface area contributed by atoms with Crippen molar-refractivity contribution in [1.29, 1.82) is 0 Å². The van der Waals surface area contributed by atoms with Crippen LogP contribution < -0.4 is 5.73 Å². The third-order valence-electron chi connectivity index (χ3n) is 2.76. The number of nitrogens with zero attached hydrogens (tertiary/aromatic N) is 1. The van der Waals surface area contributed by atoms with Crippen LogP contribution in [0.3, 0.4) is 0 Å². The van der Waals surface area contributed by atoms with Gasteiger partial charge in [0.1, 0.15) is 0 Å². The number of carbonyl (C=O) groups excluding carboxylic acids is 1. The van der Waals surface area contributed by atoms with E-state index in [0.29, 0.717) is 28.9 Å². The van der Waals surface area contributed by atoms with E-state index in [1.165, 1.54) is 0 Å². The maximum absolute atomic E-state index is 12.1. The number of likely N-dealkylation sites (N-methyl/N-ethyl adjacent to an activating group) is 1. The number of amides is 1. The lowest BCUT2D eigenvalue weighted by molar-refractivity contribution is -0.132. The molecule has 0 bridgehead atoms. The molecule has 0 spiro atoms. The van der Waals surface area contributed by atoms with Gasteiger partial charge in [-0.3, -0.25) is 4.79 Å². The van der Waals surface area contributed by atoms with Gasteiger partial charge in [-0.2, -0.15) is 0 Å². The molecule has 0 aliphatic rings. The number of hydrogen-bond donors (Lipinski definition) is 1. The summed E-state index contributed by atoms with van der Waals surface area (Å²) in [5, 5.41) is 1.13. The molecule has 0 aromatic heterocycles. The first-order chi connectivity index (χ1) is 8.79. The molecule has 0 unspecified atom stereocenters. The summed E-state index contributed by atoms with van der Waals surface area (Å²) in [7, 11) is 1.73. The van der Waals surface area contributed by atoms with E-state index in [9.17, 15) is 4.79 Å². The van der Waals surface area contributed by atoms with E-state index < -0.39 is 6.04 Å². The number of benzene rings is 1. The molecule has 1 aromatic carbocycles. The second-order valence-corrected chi connectivity index (χ2v) is 6.08. The van der Waals surface area contributed by atoms with Crippen LogP contribution >= 0.6 is 35.6 Å². The van der Waals surface area contributed by atoms with Crippen LogP contribution in [0.25, 0.3) is 0 Å². The molecule has 3 nitrogen and oxygen atoms in total. The van der Waals surface area contributed by atoms with E-state index in [2.05, 4.69) is 0 Å². The Morgan fingerprint density at radius 2 is 1.75 bits per heavy atom. The van der Waals surface area contributed by atoms with Gasteiger partial charge in [0.05, 0.1) is 6.04 Å². The quantitative estimate of drug-likeness (QED) is 0.888. The highest BCUT2D eigenvalue weighted by atomic mass is 35.5. The highest BCUT2D eigenvalue weighted by Gasteiger charge is 2.19. The third-order valence-corrected chi connectivity index (χ3v) is 3.20. The van der Waals surface area contributed by atoms with Gasteiger partial charge in [0.2, 0.25) is 5.91 Å². The topological polar surface area (TPSA) is 46.3 Å². The fourth-order valence-corrected chi connectivity index (χ4v) is 2.52. The SMILES string of the molecule is CC(C)C[C@H](N)C(=O)N(C)Cc1cc(Cl)cc(Cl)c1.Cl. The molecule has 0 radical (unpaired) electrons. The number of nitrogens with two attached hydrogens (primary N) is 1. The molecule has 1 rings (SSSR count). The fraction of sp³-hybridized carbons (Fsp3) is 0.500. The molecular formula is C14H21Cl3N2O. The van der Waals surface area contributed by atoms with Crippen molar-refractivity contribution in [3.63, 3.8) is 0 Å². The van der Waals surface area contributed by atoms with Crippen molar-refractivity contribution in [3.05, 3.63) is 33.8 Å². The molecule has 0 fully saturated rings. The fourth-order valence-electron chi connectivity index (χ4n) is 1.95. The number of carbonyl (C=O) groups is 1. The molecule has 2 N–H and O–H groups in total. The Morgan fingerprint density at radius 1 is 1.25 bits per heavy atom. The second kappa shape index (κ2) is 8.73. The molecule has 1 aromatic rings. The van der Waals surface area contributed by atoms with Crippen molar-refractivity contribution < 1.29 is 4.79 Å². The van der Waals surface area contributed by atoms with Gasteiger partial charge < -0.3 is 10.6 Å². The number of rotatable bonds is 5. The molecule has 0 heterocycles. The maximum Gasteiger partial charge on any atom is 0.239 e. The molecule has 1 atom stereocenters. The van der Waals surface area contributed by atoms with Crippen LogP contribution in [0, 0.1) is 5.92 Å². The van der Waals surface area contributed by atoms with Crippen LogP contribution in [0.15, 0.2) is 18.2 Å². The Balaban J connectivity index is 0.00000361. The van der Waals surface area contributed by atoms with E-state index in [4.69, 9.17) is 28.9 Å². The van der Waals surface area contributed by atoms with Crippen molar-refractivity contribution in [1.82, 2.24) is 4.90 Å². The van der Waals surface area contributed by atoms with Crippen molar-refractivity contribution in [2.75, 3.05) is 7.05 Å². The zero-order chi connectivity index (χ0) is 14.6. The lowest BCUT2D eigenvalue weighted by atomic mass is 10.0. The molecule has 0 aliphatic heterocycles. The summed E-state index contributed by atoms with van der Waals surface area (Å²) in [5.74, 6) is 0.331. The van der Waals surface area contributed by atoms with Crippen molar-refractivity contribution in [2.24, 2.45) is 11.7 Å². The van der Waals surface area contributed by atoms with Crippen molar-refractivity contribution in [3.8, 4) is 0 Å². The maximum atomic E-state index is 12.1. The van der Waals surface area contributed by atoms with Crippen LogP contribution in [0.1, 0.15) is 25.8 Å². The standard InChI is InChI=1S/C14H20Cl2N2O.ClH/c1-9(2)4-13(17)14(19)18(3)8-10-5-11(15)7-12(16)6-10;/h5-7,9,13H,4,8,17H2,1-3H3;1H/t13-;/m0./s1. The summed E-state index contributed by atoms with van der Waals surface area (Å²) in [6, 6.07) is 4.80.